The second-order valence-electron chi connectivity index (χ2n) is 8.08. The molecule has 0 bridgehead atoms. The van der Waals surface area contributed by atoms with Gasteiger partial charge in [0.2, 0.25) is 5.91 Å². The third-order valence-electron chi connectivity index (χ3n) is 6.06. The van der Waals surface area contributed by atoms with E-state index in [4.69, 9.17) is 9.47 Å². The van der Waals surface area contributed by atoms with Crippen LogP contribution in [0.3, 0.4) is 0 Å². The van der Waals surface area contributed by atoms with E-state index in [2.05, 4.69) is 9.97 Å². The molecule has 3 aromatic rings. The number of para-hydroxylation sites is 2. The number of aromatic nitrogens is 2. The number of H-pyrrole nitrogens is 1. The molecule has 1 aromatic heterocycles. The Hall–Kier alpha value is -3.35. The zero-order chi connectivity index (χ0) is 21.2. The third kappa shape index (κ3) is 4.13. The van der Waals surface area contributed by atoms with Crippen LogP contribution in [0.4, 0.5) is 0 Å². The van der Waals surface area contributed by atoms with Crippen LogP contribution in [0.1, 0.15) is 35.4 Å². The highest BCUT2D eigenvalue weighted by Crippen LogP contribution is 2.32. The molecule has 2 aromatic carbocycles. The van der Waals surface area contributed by atoms with Crippen molar-refractivity contribution in [3.05, 3.63) is 53.9 Å². The van der Waals surface area contributed by atoms with Gasteiger partial charge in [0.25, 0.3) is 0 Å². The fourth-order valence-corrected chi connectivity index (χ4v) is 4.33. The summed E-state index contributed by atoms with van der Waals surface area (Å²) < 4.78 is 11.1. The van der Waals surface area contributed by atoms with Crippen molar-refractivity contribution in [3.8, 4) is 11.5 Å². The van der Waals surface area contributed by atoms with Crippen molar-refractivity contribution in [3.63, 3.8) is 0 Å². The molecule has 1 saturated heterocycles. The number of hydrogen-bond acceptors (Lipinski definition) is 5. The number of likely N-dealkylation sites (tertiary alicyclic amines) is 1. The minimum absolute atomic E-state index is 0.0676. The molecule has 0 saturated carbocycles. The van der Waals surface area contributed by atoms with Gasteiger partial charge in [0.15, 0.2) is 17.3 Å². The normalized spacial score (nSPS) is 16.5. The maximum absolute atomic E-state index is 12.9. The number of carbonyl (C=O) groups excluding carboxylic acids is 2. The zero-order valence-corrected chi connectivity index (χ0v) is 17.3. The summed E-state index contributed by atoms with van der Waals surface area (Å²) >= 11 is 0. The van der Waals surface area contributed by atoms with Gasteiger partial charge in [0.05, 0.1) is 11.0 Å². The molecular formula is C24H25N3O4. The SMILES string of the molecule is O=C(c1ccc2c(c1)OCCO2)C1CCN(C(=O)CCc2nc3ccccc3[nH]2)CC1. The van der Waals surface area contributed by atoms with Crippen molar-refractivity contribution >= 4 is 22.7 Å². The molecule has 3 heterocycles. The fraction of sp³-hybridized carbons (Fsp3) is 0.375. The summed E-state index contributed by atoms with van der Waals surface area (Å²) in [5, 5.41) is 0. The van der Waals surface area contributed by atoms with E-state index < -0.39 is 0 Å². The average Bonchev–Trinajstić information content (AvgIpc) is 3.25. The van der Waals surface area contributed by atoms with Crippen LogP contribution in [0.5, 0.6) is 11.5 Å². The summed E-state index contributed by atoms with van der Waals surface area (Å²) in [7, 11) is 0. The number of fused-ring (bicyclic) bond motifs is 2. The molecule has 0 spiro atoms. The van der Waals surface area contributed by atoms with Gasteiger partial charge in [-0.3, -0.25) is 9.59 Å². The molecule has 5 rings (SSSR count). The molecule has 7 heteroatoms. The molecule has 2 aliphatic heterocycles. The van der Waals surface area contributed by atoms with Gasteiger partial charge in [-0.2, -0.15) is 0 Å². The first-order valence-electron chi connectivity index (χ1n) is 10.8. The number of ether oxygens (including phenoxy) is 2. The lowest BCUT2D eigenvalue weighted by molar-refractivity contribution is -0.132. The predicted molar refractivity (Wildman–Crippen MR) is 115 cm³/mol. The Morgan fingerprint density at radius 3 is 2.61 bits per heavy atom. The number of ketones is 1. The van der Waals surface area contributed by atoms with Gasteiger partial charge >= 0.3 is 0 Å². The van der Waals surface area contributed by atoms with Crippen LogP contribution in [-0.4, -0.2) is 52.9 Å². The van der Waals surface area contributed by atoms with Crippen LogP contribution in [-0.2, 0) is 11.2 Å². The Balaban J connectivity index is 1.14. The summed E-state index contributed by atoms with van der Waals surface area (Å²) in [6.07, 6.45) is 2.37. The number of hydrogen-bond donors (Lipinski definition) is 1. The number of imidazole rings is 1. The molecule has 1 fully saturated rings. The first-order valence-corrected chi connectivity index (χ1v) is 10.8. The lowest BCUT2D eigenvalue weighted by Crippen LogP contribution is -2.40. The summed E-state index contributed by atoms with van der Waals surface area (Å²) in [6, 6.07) is 13.2. The summed E-state index contributed by atoms with van der Waals surface area (Å²) in [6.45, 7) is 2.25. The highest BCUT2D eigenvalue weighted by atomic mass is 16.6. The van der Waals surface area contributed by atoms with E-state index in [9.17, 15) is 9.59 Å². The standard InChI is InChI=1S/C24H25N3O4/c28-23(8-7-22-25-18-3-1-2-4-19(18)26-22)27-11-9-16(10-12-27)24(29)17-5-6-20-21(15-17)31-14-13-30-20/h1-6,15-16H,7-14H2,(H,25,26). The van der Waals surface area contributed by atoms with Crippen molar-refractivity contribution in [2.24, 2.45) is 5.92 Å². The monoisotopic (exact) mass is 419 g/mol. The quantitative estimate of drug-likeness (QED) is 0.641. The van der Waals surface area contributed by atoms with E-state index >= 15 is 0 Å². The summed E-state index contributed by atoms with van der Waals surface area (Å²) in [4.78, 5) is 35.3. The topological polar surface area (TPSA) is 84.5 Å². The number of aromatic amines is 1. The van der Waals surface area contributed by atoms with Crippen molar-refractivity contribution in [1.29, 1.82) is 0 Å². The molecule has 0 unspecified atom stereocenters. The smallest absolute Gasteiger partial charge is 0.223 e. The van der Waals surface area contributed by atoms with Crippen LogP contribution >= 0.6 is 0 Å². The molecule has 1 amide bonds. The molecule has 0 aliphatic carbocycles. The van der Waals surface area contributed by atoms with Crippen LogP contribution < -0.4 is 9.47 Å². The molecule has 31 heavy (non-hydrogen) atoms. The van der Waals surface area contributed by atoms with Gasteiger partial charge < -0.3 is 19.4 Å². The number of benzene rings is 2. The largest absolute Gasteiger partial charge is 0.486 e. The van der Waals surface area contributed by atoms with Crippen LogP contribution in [0.15, 0.2) is 42.5 Å². The fourth-order valence-electron chi connectivity index (χ4n) is 4.33. The van der Waals surface area contributed by atoms with E-state index in [0.717, 1.165) is 16.9 Å². The first kappa shape index (κ1) is 19.6. The van der Waals surface area contributed by atoms with E-state index in [1.165, 1.54) is 0 Å². The Morgan fingerprint density at radius 1 is 1.03 bits per heavy atom. The van der Waals surface area contributed by atoms with Crippen LogP contribution in [0.25, 0.3) is 11.0 Å². The minimum atomic E-state index is -0.0676. The molecule has 1 N–H and O–H groups in total. The first-order chi connectivity index (χ1) is 15.2. The number of piperidine rings is 1. The Kier molecular flexibility index (Phi) is 5.32. The number of nitrogens with zero attached hydrogens (tertiary/aromatic N) is 2. The van der Waals surface area contributed by atoms with Crippen molar-refractivity contribution in [2.75, 3.05) is 26.3 Å². The van der Waals surface area contributed by atoms with Crippen LogP contribution in [0.2, 0.25) is 0 Å². The van der Waals surface area contributed by atoms with Gasteiger partial charge in [-0.1, -0.05) is 12.1 Å². The number of Topliss-reactive ketones (excluding diaryl/α,β-unsaturated/α-hetero) is 1. The van der Waals surface area contributed by atoms with E-state index in [-0.39, 0.29) is 17.6 Å². The van der Waals surface area contributed by atoms with Gasteiger partial charge in [-0.25, -0.2) is 4.98 Å². The van der Waals surface area contributed by atoms with Crippen molar-refractivity contribution < 1.29 is 19.1 Å². The van der Waals surface area contributed by atoms with Gasteiger partial charge in [-0.15, -0.1) is 0 Å². The lowest BCUT2D eigenvalue weighted by atomic mass is 9.88. The number of carbonyl (C=O) groups is 2. The minimum Gasteiger partial charge on any atom is -0.486 e. The third-order valence-corrected chi connectivity index (χ3v) is 6.06. The maximum Gasteiger partial charge on any atom is 0.223 e. The molecule has 2 aliphatic rings. The van der Waals surface area contributed by atoms with Gasteiger partial charge in [0, 0.05) is 37.4 Å². The van der Waals surface area contributed by atoms with Crippen LogP contribution in [0, 0.1) is 5.92 Å². The molecule has 0 radical (unpaired) electrons. The number of rotatable bonds is 5. The molecule has 160 valence electrons. The second-order valence-corrected chi connectivity index (χ2v) is 8.08. The average molecular weight is 419 g/mol. The van der Waals surface area contributed by atoms with E-state index in [1.54, 1.807) is 18.2 Å². The lowest BCUT2D eigenvalue weighted by Gasteiger charge is -2.31. The zero-order valence-electron chi connectivity index (χ0n) is 17.3. The number of nitrogens with one attached hydrogen (secondary N) is 1. The van der Waals surface area contributed by atoms with Crippen molar-refractivity contribution in [2.45, 2.75) is 25.7 Å². The molecular weight excluding hydrogens is 394 g/mol. The number of amides is 1. The van der Waals surface area contributed by atoms with Gasteiger partial charge in [0.1, 0.15) is 19.0 Å². The molecule has 0 atom stereocenters. The second kappa shape index (κ2) is 8.41. The maximum atomic E-state index is 12.9. The summed E-state index contributed by atoms with van der Waals surface area (Å²) in [5.74, 6) is 2.32. The molecule has 7 nitrogen and oxygen atoms in total. The summed E-state index contributed by atoms with van der Waals surface area (Å²) in [5.41, 5.74) is 2.56. The predicted octanol–water partition coefficient (Wildman–Crippen LogP) is 3.39. The highest BCUT2D eigenvalue weighted by molar-refractivity contribution is 5.98. The van der Waals surface area contributed by atoms with Crippen molar-refractivity contribution in [1.82, 2.24) is 14.9 Å². The Bertz CT molecular complexity index is 1080. The Morgan fingerprint density at radius 2 is 1.81 bits per heavy atom. The number of aryl methyl sites for hydroxylation is 1. The Labute approximate surface area is 180 Å². The van der Waals surface area contributed by atoms with E-state index in [1.807, 2.05) is 29.2 Å². The van der Waals surface area contributed by atoms with Gasteiger partial charge in [-0.05, 0) is 43.2 Å². The van der Waals surface area contributed by atoms with E-state index in [0.29, 0.717) is 69.0 Å². The highest BCUT2D eigenvalue weighted by Gasteiger charge is 2.28.